The topological polar surface area (TPSA) is 46.0 Å². The van der Waals surface area contributed by atoms with Crippen molar-refractivity contribution < 1.29 is 4.42 Å². The summed E-state index contributed by atoms with van der Waals surface area (Å²) >= 11 is 3.33. The van der Waals surface area contributed by atoms with Gasteiger partial charge in [0.1, 0.15) is 0 Å². The molecule has 3 nitrogen and oxygen atoms in total. The molecule has 1 aromatic heterocycles. The highest BCUT2D eigenvalue weighted by Crippen LogP contribution is 2.13. The average molecular weight is 228 g/mol. The zero-order valence-corrected chi connectivity index (χ0v) is 7.72. The molecule has 2 rings (SSSR count). The number of H-pyrrole nitrogens is 1. The summed E-state index contributed by atoms with van der Waals surface area (Å²) in [5.74, 6) is -0.406. The van der Waals surface area contributed by atoms with Crippen LogP contribution in [-0.2, 0) is 5.33 Å². The number of aromatic amines is 1. The molecular weight excluding hydrogens is 222 g/mol. The van der Waals surface area contributed by atoms with Crippen molar-refractivity contribution in [3.63, 3.8) is 0 Å². The van der Waals surface area contributed by atoms with Gasteiger partial charge in [-0.2, -0.15) is 0 Å². The van der Waals surface area contributed by atoms with Crippen LogP contribution in [0.15, 0.2) is 27.4 Å². The van der Waals surface area contributed by atoms with E-state index in [2.05, 4.69) is 20.9 Å². The highest BCUT2D eigenvalue weighted by Gasteiger charge is 2.00. The highest BCUT2D eigenvalue weighted by molar-refractivity contribution is 9.08. The largest absolute Gasteiger partial charge is 0.417 e. The number of nitrogens with one attached hydrogen (secondary N) is 1. The summed E-state index contributed by atoms with van der Waals surface area (Å²) in [6, 6.07) is 5.58. The van der Waals surface area contributed by atoms with Gasteiger partial charge in [0.2, 0.25) is 0 Å². The summed E-state index contributed by atoms with van der Waals surface area (Å²) in [6.07, 6.45) is 0. The molecule has 0 amide bonds. The number of fused-ring (bicyclic) bond motifs is 1. The average Bonchev–Trinajstić information content (AvgIpc) is 2.43. The summed E-state index contributed by atoms with van der Waals surface area (Å²) in [5.41, 5.74) is 2.46. The van der Waals surface area contributed by atoms with Crippen LogP contribution >= 0.6 is 15.9 Å². The second-order valence-corrected chi connectivity index (χ2v) is 3.04. The Morgan fingerprint density at radius 2 is 2.33 bits per heavy atom. The summed E-state index contributed by atoms with van der Waals surface area (Å²) in [4.78, 5) is 13.3. The number of aromatic nitrogens is 1. The fourth-order valence-electron chi connectivity index (χ4n) is 1.08. The van der Waals surface area contributed by atoms with Gasteiger partial charge in [0.15, 0.2) is 5.58 Å². The number of alkyl halides is 1. The van der Waals surface area contributed by atoms with Crippen LogP contribution in [-0.4, -0.2) is 4.98 Å². The lowest BCUT2D eigenvalue weighted by Crippen LogP contribution is -1.92. The maximum Gasteiger partial charge on any atom is 0.417 e. The first-order chi connectivity index (χ1) is 5.79. The van der Waals surface area contributed by atoms with E-state index in [0.29, 0.717) is 5.58 Å². The van der Waals surface area contributed by atoms with Gasteiger partial charge in [-0.3, -0.25) is 4.98 Å². The van der Waals surface area contributed by atoms with Gasteiger partial charge in [-0.15, -0.1) is 0 Å². The third-order valence-corrected chi connectivity index (χ3v) is 2.29. The van der Waals surface area contributed by atoms with Crippen LogP contribution in [0.2, 0.25) is 0 Å². The molecule has 0 bridgehead atoms. The van der Waals surface area contributed by atoms with Crippen LogP contribution in [0.25, 0.3) is 11.1 Å². The maximum absolute atomic E-state index is 10.8. The quantitative estimate of drug-likeness (QED) is 0.759. The van der Waals surface area contributed by atoms with E-state index < -0.39 is 5.76 Å². The van der Waals surface area contributed by atoms with Gasteiger partial charge in [-0.25, -0.2) is 4.79 Å². The number of oxazole rings is 1. The van der Waals surface area contributed by atoms with E-state index in [1.165, 1.54) is 0 Å². The normalized spacial score (nSPS) is 10.8. The molecule has 0 unspecified atom stereocenters. The maximum atomic E-state index is 10.8. The van der Waals surface area contributed by atoms with E-state index in [9.17, 15) is 4.79 Å². The Morgan fingerprint density at radius 3 is 3.08 bits per heavy atom. The first-order valence-corrected chi connectivity index (χ1v) is 4.59. The van der Waals surface area contributed by atoms with Gasteiger partial charge < -0.3 is 4.42 Å². The predicted octanol–water partition coefficient (Wildman–Crippen LogP) is 2.02. The summed E-state index contributed by atoms with van der Waals surface area (Å²) in [7, 11) is 0. The molecule has 4 heteroatoms. The molecule has 0 aliphatic heterocycles. The zero-order valence-electron chi connectivity index (χ0n) is 6.13. The molecule has 1 N–H and O–H groups in total. The van der Waals surface area contributed by atoms with Crippen LogP contribution in [0.5, 0.6) is 0 Å². The second-order valence-electron chi connectivity index (χ2n) is 2.48. The van der Waals surface area contributed by atoms with E-state index in [1.54, 1.807) is 6.07 Å². The van der Waals surface area contributed by atoms with Crippen molar-refractivity contribution >= 4 is 27.0 Å². The SMILES string of the molecule is O=c1[nH]c2cc(CBr)ccc2o1. The summed E-state index contributed by atoms with van der Waals surface area (Å²) in [6.45, 7) is 0. The minimum atomic E-state index is -0.406. The van der Waals surface area contributed by atoms with Crippen molar-refractivity contribution in [3.05, 3.63) is 34.3 Å². The number of benzene rings is 1. The van der Waals surface area contributed by atoms with Gasteiger partial charge in [0, 0.05) is 5.33 Å². The van der Waals surface area contributed by atoms with Crippen LogP contribution < -0.4 is 5.76 Å². The van der Waals surface area contributed by atoms with Gasteiger partial charge in [-0.05, 0) is 17.7 Å². The van der Waals surface area contributed by atoms with Crippen molar-refractivity contribution in [1.29, 1.82) is 0 Å². The fraction of sp³-hybridized carbons (Fsp3) is 0.125. The van der Waals surface area contributed by atoms with Crippen LogP contribution in [0.3, 0.4) is 0 Å². The fourth-order valence-corrected chi connectivity index (χ4v) is 1.43. The smallest absolute Gasteiger partial charge is 0.408 e. The number of rotatable bonds is 1. The van der Waals surface area contributed by atoms with Crippen molar-refractivity contribution in [1.82, 2.24) is 4.98 Å². The molecular formula is C8H6BrNO2. The molecule has 1 heterocycles. The van der Waals surface area contributed by atoms with Crippen molar-refractivity contribution in [3.8, 4) is 0 Å². The van der Waals surface area contributed by atoms with Gasteiger partial charge in [0.25, 0.3) is 0 Å². The number of hydrogen-bond donors (Lipinski definition) is 1. The molecule has 0 aliphatic carbocycles. The molecule has 1 aromatic carbocycles. The lowest BCUT2D eigenvalue weighted by atomic mass is 10.2. The Morgan fingerprint density at radius 1 is 1.50 bits per heavy atom. The second kappa shape index (κ2) is 2.79. The standard InChI is InChI=1S/C8H6BrNO2/c9-4-5-1-2-7-6(3-5)10-8(11)12-7/h1-3H,4H2,(H,10,11). The molecule has 62 valence electrons. The Kier molecular flexibility index (Phi) is 1.77. The Bertz CT molecular complexity index is 457. The van der Waals surface area contributed by atoms with E-state index in [0.717, 1.165) is 16.4 Å². The van der Waals surface area contributed by atoms with Crippen molar-refractivity contribution in [2.45, 2.75) is 5.33 Å². The lowest BCUT2D eigenvalue weighted by molar-refractivity contribution is 0.555. The lowest BCUT2D eigenvalue weighted by Gasteiger charge is -1.91. The first kappa shape index (κ1) is 7.61. The molecule has 0 fully saturated rings. The third kappa shape index (κ3) is 1.18. The van der Waals surface area contributed by atoms with Crippen molar-refractivity contribution in [2.75, 3.05) is 0 Å². The molecule has 2 aromatic rings. The minimum Gasteiger partial charge on any atom is -0.408 e. The minimum absolute atomic E-state index is 0.406. The Labute approximate surface area is 76.5 Å². The third-order valence-electron chi connectivity index (χ3n) is 1.64. The molecule has 0 radical (unpaired) electrons. The Balaban J connectivity index is 2.74. The summed E-state index contributed by atoms with van der Waals surface area (Å²) in [5, 5.41) is 0.774. The predicted molar refractivity (Wildman–Crippen MR) is 49.5 cm³/mol. The highest BCUT2D eigenvalue weighted by atomic mass is 79.9. The molecule has 0 spiro atoms. The zero-order chi connectivity index (χ0) is 8.55. The molecule has 0 saturated carbocycles. The van der Waals surface area contributed by atoms with Gasteiger partial charge in [-0.1, -0.05) is 22.0 Å². The van der Waals surface area contributed by atoms with Crippen LogP contribution in [0.4, 0.5) is 0 Å². The van der Waals surface area contributed by atoms with E-state index in [4.69, 9.17) is 4.42 Å². The number of halogens is 1. The Hall–Kier alpha value is -1.03. The molecule has 0 atom stereocenters. The monoisotopic (exact) mass is 227 g/mol. The van der Waals surface area contributed by atoms with Crippen LogP contribution in [0.1, 0.15) is 5.56 Å². The van der Waals surface area contributed by atoms with Gasteiger partial charge >= 0.3 is 5.76 Å². The molecule has 12 heavy (non-hydrogen) atoms. The van der Waals surface area contributed by atoms with E-state index in [-0.39, 0.29) is 0 Å². The van der Waals surface area contributed by atoms with Crippen molar-refractivity contribution in [2.24, 2.45) is 0 Å². The molecule has 0 aliphatic rings. The van der Waals surface area contributed by atoms with Gasteiger partial charge in [0.05, 0.1) is 5.52 Å². The molecule has 0 saturated heterocycles. The van der Waals surface area contributed by atoms with E-state index in [1.807, 2.05) is 12.1 Å². The van der Waals surface area contributed by atoms with E-state index >= 15 is 0 Å². The number of hydrogen-bond acceptors (Lipinski definition) is 2. The summed E-state index contributed by atoms with van der Waals surface area (Å²) < 4.78 is 4.84. The van der Waals surface area contributed by atoms with Crippen LogP contribution in [0, 0.1) is 0 Å². The first-order valence-electron chi connectivity index (χ1n) is 3.47.